The Labute approximate surface area is 331 Å². The van der Waals surface area contributed by atoms with Crippen molar-refractivity contribution in [2.24, 2.45) is 11.3 Å². The molecule has 2 aromatic carbocycles. The summed E-state index contributed by atoms with van der Waals surface area (Å²) < 4.78 is 28.9. The number of pyridine rings is 2. The van der Waals surface area contributed by atoms with E-state index in [9.17, 15) is 8.78 Å². The van der Waals surface area contributed by atoms with E-state index in [0.717, 1.165) is 106 Å². The molecule has 1 saturated carbocycles. The van der Waals surface area contributed by atoms with Crippen molar-refractivity contribution in [1.29, 1.82) is 0 Å². The van der Waals surface area contributed by atoms with Crippen molar-refractivity contribution in [3.63, 3.8) is 0 Å². The van der Waals surface area contributed by atoms with Gasteiger partial charge in [0.05, 0.1) is 0 Å². The smallest absolute Gasteiger partial charge is 0.128 e. The molecule has 0 radical (unpaired) electrons. The van der Waals surface area contributed by atoms with Crippen molar-refractivity contribution in [3.8, 4) is 0 Å². The molecular weight excluding hydrogens is 703 g/mol. The van der Waals surface area contributed by atoms with Gasteiger partial charge in [-0.1, -0.05) is 25.5 Å². The molecule has 296 valence electrons. The fraction of sp³-hybridized carbons (Fsp3) is 0.522. The average Bonchev–Trinajstić information content (AvgIpc) is 3.98. The number of nitrogens with one attached hydrogen (secondary N) is 2. The van der Waals surface area contributed by atoms with Crippen LogP contribution in [0.25, 0.3) is 0 Å². The molecule has 2 aromatic heterocycles. The number of hydrogen-bond acceptors (Lipinski definition) is 8. The number of nitrogens with zero attached hydrogens (tertiary/aromatic N) is 6. The van der Waals surface area contributed by atoms with Gasteiger partial charge in [-0.25, -0.2) is 18.7 Å². The van der Waals surface area contributed by atoms with Crippen molar-refractivity contribution in [3.05, 3.63) is 96.3 Å². The van der Waals surface area contributed by atoms with E-state index in [1.54, 1.807) is 18.2 Å². The highest BCUT2D eigenvalue weighted by molar-refractivity contribution is 5.59. The number of benzene rings is 2. The zero-order valence-corrected chi connectivity index (χ0v) is 33.0. The summed E-state index contributed by atoms with van der Waals surface area (Å²) in [5.74, 6) is 2.22. The predicted molar refractivity (Wildman–Crippen MR) is 225 cm³/mol. The lowest BCUT2D eigenvalue weighted by Crippen LogP contribution is -2.46. The first-order valence-corrected chi connectivity index (χ1v) is 21.4. The molecule has 9 rings (SSSR count). The van der Waals surface area contributed by atoms with Crippen molar-refractivity contribution in [2.45, 2.75) is 89.1 Å². The van der Waals surface area contributed by atoms with E-state index in [2.05, 4.69) is 61.4 Å². The van der Waals surface area contributed by atoms with E-state index in [1.165, 1.54) is 68.5 Å². The SMILES string of the molecule is CCC1CCCN(c2ccnc(N[C@@H]3CC(c4cc(N5CCCC6(CC6)C5)cc(N[C@@H]5CCCN(c6cccc(F)c6)C5)n4)CN(c4cccc(F)c4)C3)c2)C1. The highest BCUT2D eigenvalue weighted by Gasteiger charge is 2.45. The number of anilines is 6. The molecule has 5 fully saturated rings. The van der Waals surface area contributed by atoms with Gasteiger partial charge in [0.2, 0.25) is 0 Å². The van der Waals surface area contributed by atoms with Crippen LogP contribution < -0.4 is 30.2 Å². The van der Waals surface area contributed by atoms with Crippen LogP contribution in [0, 0.1) is 23.0 Å². The zero-order chi connectivity index (χ0) is 38.1. The molecule has 56 heavy (non-hydrogen) atoms. The third-order valence-corrected chi connectivity index (χ3v) is 13.4. The first-order valence-electron chi connectivity index (χ1n) is 21.4. The lowest BCUT2D eigenvalue weighted by atomic mass is 9.89. The van der Waals surface area contributed by atoms with Gasteiger partial charge in [0.15, 0.2) is 0 Å². The second-order valence-corrected chi connectivity index (χ2v) is 17.5. The molecule has 4 aliphatic heterocycles. The molecular formula is C46H58F2N8. The highest BCUT2D eigenvalue weighted by Crippen LogP contribution is 2.52. The molecule has 5 aliphatic rings. The molecule has 4 aromatic rings. The van der Waals surface area contributed by atoms with Crippen LogP contribution in [0.4, 0.5) is 43.2 Å². The Balaban J connectivity index is 1.01. The van der Waals surface area contributed by atoms with Crippen LogP contribution in [0.15, 0.2) is 79.0 Å². The summed E-state index contributed by atoms with van der Waals surface area (Å²) in [6, 6.07) is 23.2. The number of halogens is 2. The van der Waals surface area contributed by atoms with Crippen molar-refractivity contribution >= 4 is 34.4 Å². The third kappa shape index (κ3) is 8.54. The Morgan fingerprint density at radius 1 is 0.661 bits per heavy atom. The molecule has 10 heteroatoms. The van der Waals surface area contributed by atoms with E-state index in [4.69, 9.17) is 9.97 Å². The molecule has 8 nitrogen and oxygen atoms in total. The lowest BCUT2D eigenvalue weighted by molar-refractivity contribution is 0.395. The third-order valence-electron chi connectivity index (χ3n) is 13.4. The minimum atomic E-state index is -0.221. The maximum atomic E-state index is 14.7. The fourth-order valence-electron chi connectivity index (χ4n) is 10.1. The van der Waals surface area contributed by atoms with Crippen LogP contribution in [0.3, 0.4) is 0 Å². The van der Waals surface area contributed by atoms with Crippen LogP contribution in [0.1, 0.15) is 82.7 Å². The second kappa shape index (κ2) is 16.1. The lowest BCUT2D eigenvalue weighted by Gasteiger charge is -2.40. The van der Waals surface area contributed by atoms with Crippen LogP contribution in [0.5, 0.6) is 0 Å². The summed E-state index contributed by atoms with van der Waals surface area (Å²) in [6.45, 7) is 9.84. The minimum Gasteiger partial charge on any atom is -0.371 e. The van der Waals surface area contributed by atoms with Crippen LogP contribution >= 0.6 is 0 Å². The van der Waals surface area contributed by atoms with E-state index >= 15 is 0 Å². The van der Waals surface area contributed by atoms with E-state index < -0.39 is 0 Å². The van der Waals surface area contributed by atoms with E-state index in [-0.39, 0.29) is 29.6 Å². The average molecular weight is 761 g/mol. The van der Waals surface area contributed by atoms with Gasteiger partial charge in [0.25, 0.3) is 0 Å². The second-order valence-electron chi connectivity index (χ2n) is 17.5. The van der Waals surface area contributed by atoms with Gasteiger partial charge in [-0.15, -0.1) is 0 Å². The molecule has 2 unspecified atom stereocenters. The van der Waals surface area contributed by atoms with Gasteiger partial charge in [0, 0.05) is 117 Å². The number of aromatic nitrogens is 2. The van der Waals surface area contributed by atoms with Crippen molar-refractivity contribution in [2.75, 3.05) is 82.6 Å². The molecule has 6 heterocycles. The number of piperidine rings is 4. The standard InChI is InChI=1S/C46H58F2N8/c1-2-33-8-5-19-53(28-33)41-14-18-49-44(26-41)51-38-22-34(29-56(31-38)40-13-4-10-36(48)24-40)43-25-42(55-21-7-15-46(32-55)16-17-46)27-45(52-43)50-37-11-6-20-54(30-37)39-12-3-9-35(47)23-39/h3-4,9-10,12-14,18,23-27,33-34,37-38H,2,5-8,11,15-17,19-22,28-32H2,1H3,(H,49,51)(H,50,52)/t33?,34?,37-,38-/m1/s1. The molecule has 1 spiro atoms. The Kier molecular flexibility index (Phi) is 10.6. The maximum Gasteiger partial charge on any atom is 0.128 e. The van der Waals surface area contributed by atoms with Crippen molar-refractivity contribution < 1.29 is 8.78 Å². The minimum absolute atomic E-state index is 0.0780. The topological polar surface area (TPSA) is 62.8 Å². The monoisotopic (exact) mass is 760 g/mol. The fourth-order valence-corrected chi connectivity index (χ4v) is 10.1. The maximum absolute atomic E-state index is 14.7. The molecule has 0 amide bonds. The molecule has 2 N–H and O–H groups in total. The summed E-state index contributed by atoms with van der Waals surface area (Å²) >= 11 is 0. The van der Waals surface area contributed by atoms with Gasteiger partial charge in [-0.3, -0.25) is 0 Å². The number of hydrogen-bond donors (Lipinski definition) is 2. The molecule has 4 saturated heterocycles. The Morgan fingerprint density at radius 3 is 2.11 bits per heavy atom. The first-order chi connectivity index (χ1) is 27.4. The normalized spacial score (nSPS) is 25.0. The summed E-state index contributed by atoms with van der Waals surface area (Å²) in [5.41, 5.74) is 5.85. The Morgan fingerprint density at radius 2 is 1.34 bits per heavy atom. The largest absolute Gasteiger partial charge is 0.371 e. The Hall–Kier alpha value is -4.60. The van der Waals surface area contributed by atoms with Gasteiger partial charge in [0.1, 0.15) is 23.3 Å². The van der Waals surface area contributed by atoms with E-state index in [1.807, 2.05) is 24.4 Å². The molecule has 4 atom stereocenters. The zero-order valence-electron chi connectivity index (χ0n) is 33.0. The van der Waals surface area contributed by atoms with Crippen LogP contribution in [-0.4, -0.2) is 74.4 Å². The van der Waals surface area contributed by atoms with Gasteiger partial charge < -0.3 is 30.2 Å². The Bertz CT molecular complexity index is 1970. The first kappa shape index (κ1) is 37.0. The van der Waals surface area contributed by atoms with Crippen LogP contribution in [0.2, 0.25) is 0 Å². The van der Waals surface area contributed by atoms with E-state index in [0.29, 0.717) is 5.41 Å². The van der Waals surface area contributed by atoms with Gasteiger partial charge >= 0.3 is 0 Å². The van der Waals surface area contributed by atoms with Crippen LogP contribution in [-0.2, 0) is 0 Å². The molecule has 0 bridgehead atoms. The van der Waals surface area contributed by atoms with Gasteiger partial charge in [-0.2, -0.15) is 0 Å². The van der Waals surface area contributed by atoms with Gasteiger partial charge in [-0.05, 0) is 118 Å². The molecule has 1 aliphatic carbocycles. The summed E-state index contributed by atoms with van der Waals surface area (Å²) in [6.07, 6.45) is 13.8. The predicted octanol–water partition coefficient (Wildman–Crippen LogP) is 9.32. The number of rotatable bonds is 10. The summed E-state index contributed by atoms with van der Waals surface area (Å²) in [4.78, 5) is 20.0. The highest BCUT2D eigenvalue weighted by atomic mass is 19.1. The quantitative estimate of drug-likeness (QED) is 0.166. The summed E-state index contributed by atoms with van der Waals surface area (Å²) in [5, 5.41) is 7.71. The van der Waals surface area contributed by atoms with Crippen molar-refractivity contribution in [1.82, 2.24) is 9.97 Å². The summed E-state index contributed by atoms with van der Waals surface area (Å²) in [7, 11) is 0.